The molecule has 0 radical (unpaired) electrons. The van der Waals surface area contributed by atoms with Crippen LogP contribution in [0, 0.1) is 0 Å². The minimum absolute atomic E-state index is 1.09. The van der Waals surface area contributed by atoms with E-state index in [1.54, 1.807) is 0 Å². The zero-order valence-corrected chi connectivity index (χ0v) is 38.3. The van der Waals surface area contributed by atoms with Gasteiger partial charge in [-0.2, -0.15) is 0 Å². The van der Waals surface area contributed by atoms with Crippen molar-refractivity contribution in [1.29, 1.82) is 0 Å². The van der Waals surface area contributed by atoms with Crippen molar-refractivity contribution in [3.05, 3.63) is 241 Å². The van der Waals surface area contributed by atoms with E-state index in [2.05, 4.69) is 228 Å². The zero-order chi connectivity index (χ0) is 45.0. The van der Waals surface area contributed by atoms with Gasteiger partial charge in [0.25, 0.3) is 0 Å². The van der Waals surface area contributed by atoms with E-state index in [0.717, 1.165) is 59.8 Å². The molecule has 0 bridgehead atoms. The fourth-order valence-electron chi connectivity index (χ4n) is 11.8. The summed E-state index contributed by atoms with van der Waals surface area (Å²) in [7, 11) is 0. The van der Waals surface area contributed by atoms with Crippen molar-refractivity contribution in [3.63, 3.8) is 0 Å². The lowest BCUT2D eigenvalue weighted by Gasteiger charge is -2.29. The predicted molar refractivity (Wildman–Crippen MR) is 290 cm³/mol. The topological polar surface area (TPSA) is 6.48 Å². The van der Waals surface area contributed by atoms with Crippen molar-refractivity contribution in [2.45, 2.75) is 51.4 Å². The Morgan fingerprint density at radius 3 is 1.09 bits per heavy atom. The van der Waals surface area contributed by atoms with Crippen LogP contribution in [0.1, 0.15) is 47.9 Å². The van der Waals surface area contributed by atoms with Crippen LogP contribution in [-0.2, 0) is 25.7 Å². The number of aryl methyl sites for hydroxylation is 2. The maximum absolute atomic E-state index is 2.52. The van der Waals surface area contributed by atoms with E-state index in [4.69, 9.17) is 0 Å². The van der Waals surface area contributed by atoms with Gasteiger partial charge in [-0.15, -0.1) is 0 Å². The maximum atomic E-state index is 2.52. The SMILES string of the molecule is c1ccc(N(c2ccc3ccccc3c2)c2ccc3c(-c4cccc5c4CCCC5)c4cc(N(c5ccccc5)c5ccc6ccccc6c5)ccc4c(-c4cccc5c4CCCC5)c3c2)cc1. The summed E-state index contributed by atoms with van der Waals surface area (Å²) in [5.74, 6) is 0. The number of para-hydroxylation sites is 2. The molecule has 0 amide bonds. The molecule has 13 rings (SSSR count). The number of anilines is 6. The molecule has 0 fully saturated rings. The molecule has 11 aromatic carbocycles. The summed E-state index contributed by atoms with van der Waals surface area (Å²) in [5.41, 5.74) is 18.3. The predicted octanol–water partition coefficient (Wildman–Crippen LogP) is 18.3. The van der Waals surface area contributed by atoms with Crippen LogP contribution in [0.2, 0.25) is 0 Å². The highest BCUT2D eigenvalue weighted by Crippen LogP contribution is 2.51. The van der Waals surface area contributed by atoms with Crippen LogP contribution in [0.15, 0.2) is 218 Å². The lowest BCUT2D eigenvalue weighted by Crippen LogP contribution is -2.11. The van der Waals surface area contributed by atoms with Crippen molar-refractivity contribution < 1.29 is 0 Å². The average Bonchev–Trinajstić information content (AvgIpc) is 3.40. The van der Waals surface area contributed by atoms with Gasteiger partial charge in [-0.25, -0.2) is 0 Å². The van der Waals surface area contributed by atoms with E-state index in [1.807, 2.05) is 0 Å². The van der Waals surface area contributed by atoms with Gasteiger partial charge in [-0.1, -0.05) is 146 Å². The molecule has 0 unspecified atom stereocenters. The first-order chi connectivity index (χ1) is 33.7. The van der Waals surface area contributed by atoms with Crippen LogP contribution < -0.4 is 9.80 Å². The molecule has 0 atom stereocenters. The van der Waals surface area contributed by atoms with E-state index in [0.29, 0.717) is 0 Å². The molecule has 0 aromatic heterocycles. The van der Waals surface area contributed by atoms with Gasteiger partial charge in [-0.3, -0.25) is 0 Å². The van der Waals surface area contributed by atoms with Crippen molar-refractivity contribution in [2.75, 3.05) is 9.80 Å². The Morgan fingerprint density at radius 1 is 0.250 bits per heavy atom. The highest BCUT2D eigenvalue weighted by Gasteiger charge is 2.26. The van der Waals surface area contributed by atoms with Gasteiger partial charge in [-0.05, 0) is 212 Å². The Hall–Kier alpha value is -7.94. The quantitative estimate of drug-likeness (QED) is 0.140. The molecule has 0 spiro atoms. The van der Waals surface area contributed by atoms with Gasteiger partial charge in [0, 0.05) is 34.1 Å². The minimum atomic E-state index is 1.09. The fraction of sp³-hybridized carbons (Fsp3) is 0.121. The van der Waals surface area contributed by atoms with Crippen LogP contribution in [0.25, 0.3) is 65.3 Å². The van der Waals surface area contributed by atoms with Crippen molar-refractivity contribution >= 4 is 77.2 Å². The van der Waals surface area contributed by atoms with Gasteiger partial charge >= 0.3 is 0 Å². The average molecular weight is 873 g/mol. The van der Waals surface area contributed by atoms with E-state index in [-0.39, 0.29) is 0 Å². The molecule has 2 aliphatic carbocycles. The first kappa shape index (κ1) is 40.3. The minimum Gasteiger partial charge on any atom is -0.310 e. The molecule has 0 saturated carbocycles. The summed E-state index contributed by atoms with van der Waals surface area (Å²) >= 11 is 0. The normalized spacial score (nSPS) is 13.4. The monoisotopic (exact) mass is 872 g/mol. The molecule has 68 heavy (non-hydrogen) atoms. The fourth-order valence-corrected chi connectivity index (χ4v) is 11.8. The molecule has 2 nitrogen and oxygen atoms in total. The first-order valence-electron chi connectivity index (χ1n) is 24.7. The number of hydrogen-bond donors (Lipinski definition) is 0. The Balaban J connectivity index is 1.14. The summed E-state index contributed by atoms with van der Waals surface area (Å²) in [6.45, 7) is 0. The van der Waals surface area contributed by atoms with Crippen molar-refractivity contribution in [2.24, 2.45) is 0 Å². The van der Waals surface area contributed by atoms with Crippen molar-refractivity contribution in [1.82, 2.24) is 0 Å². The Morgan fingerprint density at radius 2 is 0.632 bits per heavy atom. The van der Waals surface area contributed by atoms with Crippen LogP contribution in [0.5, 0.6) is 0 Å². The van der Waals surface area contributed by atoms with E-state index in [1.165, 1.54) is 113 Å². The van der Waals surface area contributed by atoms with E-state index in [9.17, 15) is 0 Å². The molecule has 326 valence electrons. The van der Waals surface area contributed by atoms with Crippen LogP contribution in [-0.4, -0.2) is 0 Å². The Kier molecular flexibility index (Phi) is 10.1. The molecule has 0 N–H and O–H groups in total. The largest absolute Gasteiger partial charge is 0.310 e. The third kappa shape index (κ3) is 7.02. The standard InChI is InChI=1S/C66H52N2/c1-3-25-51(26-4-1)67(53-35-33-45-17-7-9-21-49(45)41-53)55-37-39-61-63(43-55)65(59-31-15-23-47-19-11-13-29-57(47)59)62-40-38-56(44-64(62)66(61)60-32-16-24-48-20-12-14-30-58(48)60)68(52-27-5-2-6-28-52)54-36-34-46-18-8-10-22-50(46)42-54/h1-10,15-18,21-28,31-44H,11-14,19-20,29-30H2. The molecule has 2 heteroatoms. The number of hydrogen-bond acceptors (Lipinski definition) is 2. The Labute approximate surface area is 399 Å². The van der Waals surface area contributed by atoms with Gasteiger partial charge < -0.3 is 9.80 Å². The maximum Gasteiger partial charge on any atom is 0.0468 e. The third-order valence-electron chi connectivity index (χ3n) is 14.9. The lowest BCUT2D eigenvalue weighted by molar-refractivity contribution is 0.687. The molecule has 11 aromatic rings. The third-order valence-corrected chi connectivity index (χ3v) is 14.9. The Bertz CT molecular complexity index is 3460. The van der Waals surface area contributed by atoms with Crippen LogP contribution in [0.3, 0.4) is 0 Å². The van der Waals surface area contributed by atoms with Crippen LogP contribution in [0.4, 0.5) is 34.1 Å². The first-order valence-corrected chi connectivity index (χ1v) is 24.7. The number of fused-ring (bicyclic) bond motifs is 6. The summed E-state index contributed by atoms with van der Waals surface area (Å²) in [4.78, 5) is 4.91. The van der Waals surface area contributed by atoms with Crippen LogP contribution >= 0.6 is 0 Å². The summed E-state index contributed by atoms with van der Waals surface area (Å²) in [5, 5.41) is 10.1. The number of benzene rings is 11. The molecule has 0 saturated heterocycles. The van der Waals surface area contributed by atoms with E-state index >= 15 is 0 Å². The zero-order valence-electron chi connectivity index (χ0n) is 38.3. The van der Waals surface area contributed by atoms with Gasteiger partial charge in [0.1, 0.15) is 0 Å². The van der Waals surface area contributed by atoms with Gasteiger partial charge in [0.2, 0.25) is 0 Å². The number of nitrogens with zero attached hydrogens (tertiary/aromatic N) is 2. The number of rotatable bonds is 8. The second kappa shape index (κ2) is 17.0. The molecular weight excluding hydrogens is 821 g/mol. The summed E-state index contributed by atoms with van der Waals surface area (Å²) in [6.07, 6.45) is 9.36. The summed E-state index contributed by atoms with van der Waals surface area (Å²) in [6, 6.07) is 82.0. The second-order valence-corrected chi connectivity index (χ2v) is 18.9. The van der Waals surface area contributed by atoms with Gasteiger partial charge in [0.05, 0.1) is 0 Å². The van der Waals surface area contributed by atoms with E-state index < -0.39 is 0 Å². The molecule has 0 aliphatic heterocycles. The van der Waals surface area contributed by atoms with Crippen molar-refractivity contribution in [3.8, 4) is 22.3 Å². The summed E-state index contributed by atoms with van der Waals surface area (Å²) < 4.78 is 0. The lowest BCUT2D eigenvalue weighted by atomic mass is 9.79. The van der Waals surface area contributed by atoms with Gasteiger partial charge in [0.15, 0.2) is 0 Å². The molecule has 0 heterocycles. The molecule has 2 aliphatic rings. The molecular formula is C66H52N2. The smallest absolute Gasteiger partial charge is 0.0468 e. The highest BCUT2D eigenvalue weighted by atomic mass is 15.1. The second-order valence-electron chi connectivity index (χ2n) is 18.9. The highest BCUT2D eigenvalue weighted by molar-refractivity contribution is 6.23.